The number of hydrogen-bond acceptors (Lipinski definition) is 3. The van der Waals surface area contributed by atoms with Crippen LogP contribution < -0.4 is 0 Å². The van der Waals surface area contributed by atoms with Gasteiger partial charge in [0.05, 0.1) is 27.6 Å². The number of benzene rings is 1. The molecule has 1 aromatic rings. The van der Waals surface area contributed by atoms with Gasteiger partial charge in [-0.3, -0.25) is 9.59 Å². The van der Waals surface area contributed by atoms with Crippen molar-refractivity contribution < 1.29 is 24.3 Å². The van der Waals surface area contributed by atoms with E-state index in [4.69, 9.17) is 5.11 Å². The Morgan fingerprint density at radius 3 is 2.19 bits per heavy atom. The molecule has 0 heterocycles. The molecule has 0 aliphatic rings. The van der Waals surface area contributed by atoms with E-state index in [2.05, 4.69) is 0 Å². The Hall–Kier alpha value is -1.72. The molecule has 21 heavy (non-hydrogen) atoms. The summed E-state index contributed by atoms with van der Waals surface area (Å²) in [7, 11) is 5.45. The molecule has 0 bridgehead atoms. The molecule has 0 spiro atoms. The number of carbonyl (C=O) groups excluding carboxylic acids is 1. The van der Waals surface area contributed by atoms with Crippen molar-refractivity contribution in [2.45, 2.75) is 24.9 Å². The number of aliphatic hydroxyl groups is 1. The van der Waals surface area contributed by atoms with Crippen LogP contribution in [0.2, 0.25) is 0 Å². The van der Waals surface area contributed by atoms with Crippen molar-refractivity contribution in [3.63, 3.8) is 0 Å². The van der Waals surface area contributed by atoms with E-state index in [0.717, 1.165) is 5.56 Å². The molecule has 0 saturated heterocycles. The molecule has 2 N–H and O–H groups in total. The van der Waals surface area contributed by atoms with Crippen molar-refractivity contribution in [2.75, 3.05) is 27.7 Å². The number of rotatable bonds is 8. The van der Waals surface area contributed by atoms with E-state index in [1.54, 1.807) is 0 Å². The van der Waals surface area contributed by atoms with Gasteiger partial charge in [-0.25, -0.2) is 0 Å². The van der Waals surface area contributed by atoms with Crippen LogP contribution in [0.15, 0.2) is 30.3 Å². The number of hydrogen-bond donors (Lipinski definition) is 2. The highest BCUT2D eigenvalue weighted by Crippen LogP contribution is 2.19. The highest BCUT2D eigenvalue weighted by Gasteiger charge is 2.42. The van der Waals surface area contributed by atoms with Gasteiger partial charge in [0.25, 0.3) is 0 Å². The molecule has 0 fully saturated rings. The van der Waals surface area contributed by atoms with E-state index in [-0.39, 0.29) is 13.0 Å². The third kappa shape index (κ3) is 6.06. The largest absolute Gasteiger partial charge is 0.481 e. The van der Waals surface area contributed by atoms with Crippen LogP contribution in [0.1, 0.15) is 18.4 Å². The first-order valence-electron chi connectivity index (χ1n) is 6.94. The SMILES string of the molecule is C[N+](C)(C)CC(O)(CC(=O)O)C(=O)CCc1ccccc1. The van der Waals surface area contributed by atoms with Gasteiger partial charge in [0.15, 0.2) is 11.4 Å². The second-order valence-electron chi connectivity index (χ2n) is 6.46. The van der Waals surface area contributed by atoms with Crippen molar-refractivity contribution in [2.24, 2.45) is 0 Å². The van der Waals surface area contributed by atoms with Gasteiger partial charge < -0.3 is 14.7 Å². The van der Waals surface area contributed by atoms with E-state index < -0.39 is 23.8 Å². The summed E-state index contributed by atoms with van der Waals surface area (Å²) < 4.78 is 0.320. The average molecular weight is 294 g/mol. The number of carbonyl (C=O) groups is 2. The van der Waals surface area contributed by atoms with Crippen molar-refractivity contribution >= 4 is 11.8 Å². The first-order chi connectivity index (χ1) is 9.62. The summed E-state index contributed by atoms with van der Waals surface area (Å²) in [5, 5.41) is 19.5. The molecule has 1 rings (SSSR count). The van der Waals surface area contributed by atoms with Crippen LogP contribution in [0.5, 0.6) is 0 Å². The number of Topliss-reactive ketones (excluding diaryl/α,β-unsaturated/α-hetero) is 1. The average Bonchev–Trinajstić information content (AvgIpc) is 2.33. The molecular weight excluding hydrogens is 270 g/mol. The molecule has 0 amide bonds. The molecule has 0 aliphatic carbocycles. The Bertz CT molecular complexity index is 493. The van der Waals surface area contributed by atoms with Crippen LogP contribution in [0.25, 0.3) is 0 Å². The topological polar surface area (TPSA) is 74.6 Å². The highest BCUT2D eigenvalue weighted by molar-refractivity contribution is 5.91. The Morgan fingerprint density at radius 1 is 1.14 bits per heavy atom. The van der Waals surface area contributed by atoms with Crippen LogP contribution in [-0.4, -0.2) is 59.7 Å². The second-order valence-corrected chi connectivity index (χ2v) is 6.46. The number of nitrogens with zero attached hydrogens (tertiary/aromatic N) is 1. The zero-order valence-corrected chi connectivity index (χ0v) is 12.9. The summed E-state index contributed by atoms with van der Waals surface area (Å²) in [6.45, 7) is 0.0763. The lowest BCUT2D eigenvalue weighted by Gasteiger charge is -2.33. The Kier molecular flexibility index (Phi) is 5.63. The van der Waals surface area contributed by atoms with E-state index in [9.17, 15) is 14.7 Å². The fraction of sp³-hybridized carbons (Fsp3) is 0.500. The number of likely N-dealkylation sites (N-methyl/N-ethyl adjacent to an activating group) is 1. The third-order valence-electron chi connectivity index (χ3n) is 3.18. The van der Waals surface area contributed by atoms with Gasteiger partial charge in [0, 0.05) is 6.42 Å². The Balaban J connectivity index is 2.78. The highest BCUT2D eigenvalue weighted by atomic mass is 16.4. The quantitative estimate of drug-likeness (QED) is 0.704. The molecule has 5 heteroatoms. The summed E-state index contributed by atoms with van der Waals surface area (Å²) in [6, 6.07) is 9.47. The van der Waals surface area contributed by atoms with E-state index in [1.165, 1.54) is 0 Å². The van der Waals surface area contributed by atoms with Gasteiger partial charge in [0.2, 0.25) is 0 Å². The fourth-order valence-corrected chi connectivity index (χ4v) is 2.41. The lowest BCUT2D eigenvalue weighted by atomic mass is 9.89. The summed E-state index contributed by atoms with van der Waals surface area (Å²) >= 11 is 0. The minimum Gasteiger partial charge on any atom is -0.481 e. The summed E-state index contributed by atoms with van der Waals surface area (Å²) in [5.41, 5.74) is -0.826. The molecule has 1 unspecified atom stereocenters. The second kappa shape index (κ2) is 6.83. The van der Waals surface area contributed by atoms with Crippen molar-refractivity contribution in [3.05, 3.63) is 35.9 Å². The normalized spacial score (nSPS) is 14.5. The van der Waals surface area contributed by atoms with Gasteiger partial charge in [-0.2, -0.15) is 0 Å². The lowest BCUT2D eigenvalue weighted by Crippen LogP contribution is -2.54. The fourth-order valence-electron chi connectivity index (χ4n) is 2.41. The first-order valence-corrected chi connectivity index (χ1v) is 6.94. The number of carboxylic acids is 1. The van der Waals surface area contributed by atoms with Gasteiger partial charge in [-0.15, -0.1) is 0 Å². The number of quaternary nitrogens is 1. The number of aliphatic carboxylic acids is 1. The third-order valence-corrected chi connectivity index (χ3v) is 3.18. The molecule has 0 saturated carbocycles. The number of aryl methyl sites for hydroxylation is 1. The summed E-state index contributed by atoms with van der Waals surface area (Å²) in [4.78, 5) is 23.3. The molecule has 1 atom stereocenters. The molecule has 0 aromatic heterocycles. The van der Waals surface area contributed by atoms with Crippen molar-refractivity contribution in [1.82, 2.24) is 0 Å². The summed E-state index contributed by atoms with van der Waals surface area (Å²) in [6.07, 6.45) is 0.0721. The maximum absolute atomic E-state index is 12.3. The van der Waals surface area contributed by atoms with Crippen LogP contribution >= 0.6 is 0 Å². The molecular formula is C16H24NO4+. The maximum atomic E-state index is 12.3. The molecule has 5 nitrogen and oxygen atoms in total. The molecule has 0 radical (unpaired) electrons. The van der Waals surface area contributed by atoms with Gasteiger partial charge >= 0.3 is 5.97 Å². The van der Waals surface area contributed by atoms with Gasteiger partial charge in [-0.05, 0) is 12.0 Å². The Labute approximate surface area is 125 Å². The van der Waals surface area contributed by atoms with E-state index in [0.29, 0.717) is 10.9 Å². The number of carboxylic acid groups (broad SMARTS) is 1. The zero-order chi connectivity index (χ0) is 16.1. The van der Waals surface area contributed by atoms with Crippen LogP contribution in [0.4, 0.5) is 0 Å². The maximum Gasteiger partial charge on any atom is 0.306 e. The van der Waals surface area contributed by atoms with Crippen LogP contribution in [0.3, 0.4) is 0 Å². The predicted octanol–water partition coefficient (Wildman–Crippen LogP) is 1.10. The van der Waals surface area contributed by atoms with Gasteiger partial charge in [0.1, 0.15) is 6.54 Å². The summed E-state index contributed by atoms with van der Waals surface area (Å²) in [5.74, 6) is -1.58. The first kappa shape index (κ1) is 17.3. The molecule has 116 valence electrons. The standard InChI is InChI=1S/C16H23NO4/c1-17(2,3)12-16(21,11-15(19)20)14(18)10-9-13-7-5-4-6-8-13/h4-8,21H,9-12H2,1-3H3/p+1. The Morgan fingerprint density at radius 2 is 1.71 bits per heavy atom. The van der Waals surface area contributed by atoms with Crippen molar-refractivity contribution in [3.8, 4) is 0 Å². The van der Waals surface area contributed by atoms with Crippen LogP contribution in [0, 0.1) is 0 Å². The molecule has 0 aliphatic heterocycles. The van der Waals surface area contributed by atoms with Crippen molar-refractivity contribution in [1.29, 1.82) is 0 Å². The zero-order valence-electron chi connectivity index (χ0n) is 12.9. The predicted molar refractivity (Wildman–Crippen MR) is 79.9 cm³/mol. The minimum absolute atomic E-state index is 0.0763. The van der Waals surface area contributed by atoms with Crippen LogP contribution in [-0.2, 0) is 16.0 Å². The van der Waals surface area contributed by atoms with Gasteiger partial charge in [-0.1, -0.05) is 30.3 Å². The minimum atomic E-state index is -1.82. The van der Waals surface area contributed by atoms with E-state index >= 15 is 0 Å². The monoisotopic (exact) mass is 294 g/mol. The number of ketones is 1. The smallest absolute Gasteiger partial charge is 0.306 e. The van der Waals surface area contributed by atoms with E-state index in [1.807, 2.05) is 51.5 Å². The lowest BCUT2D eigenvalue weighted by molar-refractivity contribution is -0.875. The molecule has 1 aromatic carbocycles.